The molecule has 1 aromatic carbocycles. The number of benzene rings is 1. The molecule has 2 rings (SSSR count). The van der Waals surface area contributed by atoms with Crippen LogP contribution in [0.25, 0.3) is 0 Å². The molecule has 1 saturated heterocycles. The second-order valence-corrected chi connectivity index (χ2v) is 4.24. The Balaban J connectivity index is 2.14. The fourth-order valence-electron chi connectivity index (χ4n) is 1.88. The summed E-state index contributed by atoms with van der Waals surface area (Å²) in [5.74, 6) is -0.0785. The van der Waals surface area contributed by atoms with Crippen molar-refractivity contribution in [1.29, 1.82) is 0 Å². The molecule has 0 bridgehead atoms. The zero-order valence-electron chi connectivity index (χ0n) is 9.31. The summed E-state index contributed by atoms with van der Waals surface area (Å²) in [6.07, 6.45) is -1.11. The van der Waals surface area contributed by atoms with E-state index in [0.717, 1.165) is 4.90 Å². The van der Waals surface area contributed by atoms with Gasteiger partial charge in [0.25, 0.3) is 0 Å². The Morgan fingerprint density at radius 1 is 1.29 bits per heavy atom. The highest BCUT2D eigenvalue weighted by Gasteiger charge is 2.47. The predicted octanol–water partition coefficient (Wildman–Crippen LogP) is 2.05. The molecule has 0 aromatic heterocycles. The molecule has 0 unspecified atom stereocenters. The minimum absolute atomic E-state index is 0.0785. The lowest BCUT2D eigenvalue weighted by Gasteiger charge is -2.42. The third-order valence-corrected chi connectivity index (χ3v) is 2.96. The SMILES string of the molecule is CC(=O)c1ccc(C2(F)CN(C(=O)O)C2)cc1. The van der Waals surface area contributed by atoms with Gasteiger partial charge in [-0.2, -0.15) is 0 Å². The topological polar surface area (TPSA) is 57.6 Å². The zero-order chi connectivity index (χ0) is 12.6. The maximum atomic E-state index is 14.2. The molecule has 0 spiro atoms. The fourth-order valence-corrected chi connectivity index (χ4v) is 1.88. The van der Waals surface area contributed by atoms with Crippen molar-refractivity contribution in [2.75, 3.05) is 13.1 Å². The lowest BCUT2D eigenvalue weighted by atomic mass is 9.87. The molecule has 0 radical (unpaired) electrons. The van der Waals surface area contributed by atoms with Crippen LogP contribution in [0.1, 0.15) is 22.8 Å². The molecule has 1 fully saturated rings. The van der Waals surface area contributed by atoms with Gasteiger partial charge in [0.2, 0.25) is 0 Å². The molecule has 1 N–H and O–H groups in total. The molecule has 1 aliphatic heterocycles. The molecule has 1 heterocycles. The summed E-state index contributed by atoms with van der Waals surface area (Å²) in [6, 6.07) is 6.19. The first-order valence-corrected chi connectivity index (χ1v) is 5.21. The van der Waals surface area contributed by atoms with E-state index < -0.39 is 11.8 Å². The van der Waals surface area contributed by atoms with Crippen molar-refractivity contribution in [1.82, 2.24) is 4.90 Å². The second kappa shape index (κ2) is 3.84. The maximum absolute atomic E-state index is 14.2. The summed E-state index contributed by atoms with van der Waals surface area (Å²) < 4.78 is 14.2. The van der Waals surface area contributed by atoms with Crippen molar-refractivity contribution in [3.05, 3.63) is 35.4 Å². The van der Waals surface area contributed by atoms with Gasteiger partial charge in [0, 0.05) is 5.56 Å². The third kappa shape index (κ3) is 2.00. The van der Waals surface area contributed by atoms with Crippen LogP contribution in [0.15, 0.2) is 24.3 Å². The van der Waals surface area contributed by atoms with Gasteiger partial charge in [-0.3, -0.25) is 4.79 Å². The Morgan fingerprint density at radius 2 is 1.82 bits per heavy atom. The normalized spacial score (nSPS) is 17.4. The van der Waals surface area contributed by atoms with Crippen LogP contribution < -0.4 is 0 Å². The number of Topliss-reactive ketones (excluding diaryl/α,β-unsaturated/α-hetero) is 1. The van der Waals surface area contributed by atoms with E-state index in [4.69, 9.17) is 5.11 Å². The number of hydrogen-bond acceptors (Lipinski definition) is 2. The van der Waals surface area contributed by atoms with Crippen LogP contribution in [0.3, 0.4) is 0 Å². The largest absolute Gasteiger partial charge is 0.465 e. The van der Waals surface area contributed by atoms with Crippen LogP contribution in [0.5, 0.6) is 0 Å². The number of hydrogen-bond donors (Lipinski definition) is 1. The highest BCUT2D eigenvalue weighted by atomic mass is 19.1. The molecule has 1 aromatic rings. The van der Waals surface area contributed by atoms with E-state index in [1.807, 2.05) is 0 Å². The van der Waals surface area contributed by atoms with Gasteiger partial charge >= 0.3 is 6.09 Å². The molecule has 17 heavy (non-hydrogen) atoms. The van der Waals surface area contributed by atoms with Crippen molar-refractivity contribution in [3.63, 3.8) is 0 Å². The standard InChI is InChI=1S/C12H12FNO3/c1-8(15)9-2-4-10(5-3-9)12(13)6-14(7-12)11(16)17/h2-5H,6-7H2,1H3,(H,16,17). The third-order valence-electron chi connectivity index (χ3n) is 2.96. The van der Waals surface area contributed by atoms with E-state index in [1.165, 1.54) is 19.1 Å². The van der Waals surface area contributed by atoms with Crippen molar-refractivity contribution >= 4 is 11.9 Å². The Hall–Kier alpha value is -1.91. The van der Waals surface area contributed by atoms with Gasteiger partial charge in [0.05, 0.1) is 13.1 Å². The van der Waals surface area contributed by atoms with Gasteiger partial charge in [-0.1, -0.05) is 24.3 Å². The molecule has 0 saturated carbocycles. The van der Waals surface area contributed by atoms with E-state index in [0.29, 0.717) is 11.1 Å². The molecule has 0 atom stereocenters. The van der Waals surface area contributed by atoms with Crippen molar-refractivity contribution in [3.8, 4) is 0 Å². The van der Waals surface area contributed by atoms with E-state index >= 15 is 0 Å². The lowest BCUT2D eigenvalue weighted by Crippen LogP contribution is -2.58. The summed E-state index contributed by atoms with van der Waals surface area (Å²) in [6.45, 7) is 1.14. The van der Waals surface area contributed by atoms with Gasteiger partial charge in [-0.05, 0) is 12.5 Å². The van der Waals surface area contributed by atoms with E-state index in [1.54, 1.807) is 12.1 Å². The van der Waals surface area contributed by atoms with Crippen LogP contribution >= 0.6 is 0 Å². The minimum atomic E-state index is -1.62. The van der Waals surface area contributed by atoms with Crippen LogP contribution in [-0.4, -0.2) is 35.0 Å². The molecule has 5 heteroatoms. The molecule has 1 aliphatic rings. The zero-order valence-corrected chi connectivity index (χ0v) is 9.31. The monoisotopic (exact) mass is 237 g/mol. The van der Waals surface area contributed by atoms with Crippen LogP contribution in [-0.2, 0) is 5.67 Å². The van der Waals surface area contributed by atoms with Crippen molar-refractivity contribution in [2.24, 2.45) is 0 Å². The Morgan fingerprint density at radius 3 is 2.24 bits per heavy atom. The Bertz CT molecular complexity index is 463. The Labute approximate surface area is 97.7 Å². The number of nitrogens with zero attached hydrogens (tertiary/aromatic N) is 1. The van der Waals surface area contributed by atoms with Crippen LogP contribution in [0, 0.1) is 0 Å². The first-order valence-electron chi connectivity index (χ1n) is 5.21. The number of carboxylic acid groups (broad SMARTS) is 1. The first-order chi connectivity index (χ1) is 7.92. The molecular weight excluding hydrogens is 225 g/mol. The highest BCUT2D eigenvalue weighted by Crippen LogP contribution is 2.36. The van der Waals surface area contributed by atoms with E-state index in [9.17, 15) is 14.0 Å². The molecule has 1 amide bonds. The smallest absolute Gasteiger partial charge is 0.407 e. The summed E-state index contributed by atoms with van der Waals surface area (Å²) in [5, 5.41) is 8.64. The lowest BCUT2D eigenvalue weighted by molar-refractivity contribution is -0.0238. The van der Waals surface area contributed by atoms with Crippen molar-refractivity contribution < 1.29 is 19.1 Å². The number of alkyl halides is 1. The number of halogens is 1. The average molecular weight is 237 g/mol. The minimum Gasteiger partial charge on any atom is -0.465 e. The molecular formula is C12H12FNO3. The fraction of sp³-hybridized carbons (Fsp3) is 0.333. The first kappa shape index (κ1) is 11.6. The number of carbonyl (C=O) groups excluding carboxylic acids is 1. The molecule has 4 nitrogen and oxygen atoms in total. The summed E-state index contributed by atoms with van der Waals surface area (Å²) in [7, 11) is 0. The van der Waals surface area contributed by atoms with Gasteiger partial charge in [-0.25, -0.2) is 9.18 Å². The summed E-state index contributed by atoms with van der Waals surface area (Å²) in [4.78, 5) is 22.6. The molecule has 0 aliphatic carbocycles. The van der Waals surface area contributed by atoms with Gasteiger partial charge < -0.3 is 10.0 Å². The van der Waals surface area contributed by atoms with Crippen LogP contribution in [0.2, 0.25) is 0 Å². The highest BCUT2D eigenvalue weighted by molar-refractivity contribution is 5.94. The number of rotatable bonds is 2. The van der Waals surface area contributed by atoms with Crippen LogP contribution in [0.4, 0.5) is 9.18 Å². The summed E-state index contributed by atoms with van der Waals surface area (Å²) >= 11 is 0. The van der Waals surface area contributed by atoms with E-state index in [-0.39, 0.29) is 18.9 Å². The summed E-state index contributed by atoms with van der Waals surface area (Å²) in [5.41, 5.74) is -0.681. The number of amides is 1. The number of carbonyl (C=O) groups is 2. The Kier molecular flexibility index (Phi) is 2.61. The average Bonchev–Trinajstić information content (AvgIpc) is 2.24. The maximum Gasteiger partial charge on any atom is 0.407 e. The van der Waals surface area contributed by atoms with Gasteiger partial charge in [0.15, 0.2) is 11.5 Å². The van der Waals surface area contributed by atoms with Crippen molar-refractivity contribution in [2.45, 2.75) is 12.6 Å². The van der Waals surface area contributed by atoms with E-state index in [2.05, 4.69) is 0 Å². The van der Waals surface area contributed by atoms with Gasteiger partial charge in [-0.15, -0.1) is 0 Å². The number of ketones is 1. The second-order valence-electron chi connectivity index (χ2n) is 4.24. The van der Waals surface area contributed by atoms with Gasteiger partial charge in [0.1, 0.15) is 0 Å². The predicted molar refractivity (Wildman–Crippen MR) is 58.8 cm³/mol. The quantitative estimate of drug-likeness (QED) is 0.801. The number of likely N-dealkylation sites (tertiary alicyclic amines) is 1. The molecule has 90 valence electrons.